The Morgan fingerprint density at radius 1 is 1.45 bits per heavy atom. The van der Waals surface area contributed by atoms with E-state index in [2.05, 4.69) is 10.2 Å². The Morgan fingerprint density at radius 2 is 2.20 bits per heavy atom. The second-order valence-electron chi connectivity index (χ2n) is 4.95. The van der Waals surface area contributed by atoms with Crippen molar-refractivity contribution in [2.45, 2.75) is 19.3 Å². The minimum absolute atomic E-state index is 0.155. The summed E-state index contributed by atoms with van der Waals surface area (Å²) in [6.45, 7) is 0. The first-order valence-electron chi connectivity index (χ1n) is 6.49. The zero-order chi connectivity index (χ0) is 14.1. The normalized spacial score (nSPS) is 16.6. The number of carboxylic acid groups (broad SMARTS) is 1. The predicted molar refractivity (Wildman–Crippen MR) is 78.7 cm³/mol. The highest BCUT2D eigenvalue weighted by Crippen LogP contribution is 2.26. The van der Waals surface area contributed by atoms with Crippen LogP contribution in [0.25, 0.3) is 5.65 Å². The van der Waals surface area contributed by atoms with Crippen LogP contribution >= 0.6 is 23.4 Å². The van der Waals surface area contributed by atoms with Crippen LogP contribution in [0, 0.1) is 5.92 Å². The van der Waals surface area contributed by atoms with Crippen molar-refractivity contribution >= 4 is 35.0 Å². The van der Waals surface area contributed by atoms with E-state index in [1.165, 1.54) is 30.4 Å². The monoisotopic (exact) mass is 311 g/mol. The minimum Gasteiger partial charge on any atom is -0.478 e. The summed E-state index contributed by atoms with van der Waals surface area (Å²) in [5, 5.41) is 17.7. The summed E-state index contributed by atoms with van der Waals surface area (Å²) in [7, 11) is 0. The van der Waals surface area contributed by atoms with Crippen LogP contribution in [0.4, 0.5) is 0 Å². The van der Waals surface area contributed by atoms with E-state index >= 15 is 0 Å². The van der Waals surface area contributed by atoms with Gasteiger partial charge in [-0.1, -0.05) is 11.6 Å². The van der Waals surface area contributed by atoms with Crippen molar-refractivity contribution in [2.24, 2.45) is 5.92 Å². The second-order valence-corrected chi connectivity index (χ2v) is 6.58. The maximum absolute atomic E-state index is 11.1. The molecule has 2 aromatic rings. The van der Waals surface area contributed by atoms with Crippen molar-refractivity contribution in [1.29, 1.82) is 0 Å². The van der Waals surface area contributed by atoms with Gasteiger partial charge in [0.05, 0.1) is 10.6 Å². The molecule has 0 atom stereocenters. The molecule has 0 saturated carbocycles. The van der Waals surface area contributed by atoms with Crippen molar-refractivity contribution in [3.63, 3.8) is 0 Å². The Labute approximate surface area is 125 Å². The summed E-state index contributed by atoms with van der Waals surface area (Å²) in [5.74, 6) is 2.76. The summed E-state index contributed by atoms with van der Waals surface area (Å²) in [5.41, 5.74) is 0.680. The number of aromatic nitrogens is 3. The van der Waals surface area contributed by atoms with E-state index in [0.29, 0.717) is 16.6 Å². The van der Waals surface area contributed by atoms with E-state index in [9.17, 15) is 4.79 Å². The lowest BCUT2D eigenvalue weighted by atomic mass is 9.98. The molecule has 1 saturated heterocycles. The average Bonchev–Trinajstić information content (AvgIpc) is 2.84. The van der Waals surface area contributed by atoms with Gasteiger partial charge in [0.1, 0.15) is 5.82 Å². The zero-order valence-electron chi connectivity index (χ0n) is 10.8. The van der Waals surface area contributed by atoms with Gasteiger partial charge in [0.25, 0.3) is 0 Å². The molecule has 0 spiro atoms. The molecule has 106 valence electrons. The quantitative estimate of drug-likeness (QED) is 0.944. The molecule has 20 heavy (non-hydrogen) atoms. The predicted octanol–water partition coefficient (Wildman–Crippen LogP) is 2.77. The molecule has 0 amide bonds. The number of carboxylic acids is 1. The number of nitrogens with zero attached hydrogens (tertiary/aromatic N) is 3. The first kappa shape index (κ1) is 13.7. The van der Waals surface area contributed by atoms with Gasteiger partial charge in [0.15, 0.2) is 5.65 Å². The van der Waals surface area contributed by atoms with Crippen LogP contribution in [0.2, 0.25) is 5.02 Å². The van der Waals surface area contributed by atoms with Gasteiger partial charge < -0.3 is 5.11 Å². The molecule has 0 aromatic carbocycles. The van der Waals surface area contributed by atoms with Crippen LogP contribution in [0.3, 0.4) is 0 Å². The van der Waals surface area contributed by atoms with Crippen LogP contribution in [0.5, 0.6) is 0 Å². The first-order chi connectivity index (χ1) is 9.65. The third-order valence-electron chi connectivity index (χ3n) is 3.59. The largest absolute Gasteiger partial charge is 0.478 e. The molecule has 0 aliphatic carbocycles. The summed E-state index contributed by atoms with van der Waals surface area (Å²) in [6.07, 6.45) is 4.72. The molecule has 0 radical (unpaired) electrons. The molecule has 1 N–H and O–H groups in total. The van der Waals surface area contributed by atoms with Gasteiger partial charge in [-0.15, -0.1) is 10.2 Å². The highest BCUT2D eigenvalue weighted by Gasteiger charge is 2.19. The van der Waals surface area contributed by atoms with Crippen LogP contribution < -0.4 is 0 Å². The highest BCUT2D eigenvalue weighted by atomic mass is 35.5. The summed E-state index contributed by atoms with van der Waals surface area (Å²) >= 11 is 8.05. The fraction of sp³-hybridized carbons (Fsp3) is 0.462. The molecule has 2 aromatic heterocycles. The summed E-state index contributed by atoms with van der Waals surface area (Å²) in [4.78, 5) is 11.1. The van der Waals surface area contributed by atoms with Crippen molar-refractivity contribution in [3.8, 4) is 0 Å². The number of halogens is 1. The van der Waals surface area contributed by atoms with Crippen molar-refractivity contribution < 1.29 is 9.90 Å². The number of hydrogen-bond acceptors (Lipinski definition) is 4. The lowest BCUT2D eigenvalue weighted by molar-refractivity contribution is 0.0696. The maximum atomic E-state index is 11.1. The maximum Gasteiger partial charge on any atom is 0.337 e. The van der Waals surface area contributed by atoms with Gasteiger partial charge in [0, 0.05) is 12.6 Å². The van der Waals surface area contributed by atoms with Crippen molar-refractivity contribution in [2.75, 3.05) is 11.5 Å². The lowest BCUT2D eigenvalue weighted by Gasteiger charge is -2.20. The van der Waals surface area contributed by atoms with Crippen LogP contribution in [0.15, 0.2) is 12.3 Å². The van der Waals surface area contributed by atoms with Gasteiger partial charge >= 0.3 is 5.97 Å². The molecular weight excluding hydrogens is 298 g/mol. The van der Waals surface area contributed by atoms with Crippen molar-refractivity contribution in [1.82, 2.24) is 14.6 Å². The molecule has 3 heterocycles. The third kappa shape index (κ3) is 2.62. The fourth-order valence-electron chi connectivity index (χ4n) is 2.46. The molecule has 0 unspecified atom stereocenters. The first-order valence-corrected chi connectivity index (χ1v) is 8.02. The Hall–Kier alpha value is -1.27. The molecule has 0 bridgehead atoms. The van der Waals surface area contributed by atoms with Gasteiger partial charge in [-0.2, -0.15) is 11.8 Å². The number of carbonyl (C=O) groups is 1. The van der Waals surface area contributed by atoms with E-state index in [1.807, 2.05) is 11.8 Å². The average molecular weight is 312 g/mol. The Morgan fingerprint density at radius 3 is 2.90 bits per heavy atom. The fourth-order valence-corrected chi connectivity index (χ4v) is 3.91. The Bertz CT molecular complexity index is 652. The van der Waals surface area contributed by atoms with Gasteiger partial charge in [-0.05, 0) is 36.3 Å². The molecular formula is C13H14ClN3O2S. The van der Waals surface area contributed by atoms with Gasteiger partial charge in [0.2, 0.25) is 0 Å². The zero-order valence-corrected chi connectivity index (χ0v) is 12.3. The number of thioether (sulfide) groups is 1. The number of hydrogen-bond donors (Lipinski definition) is 1. The number of fused-ring (bicyclic) bond motifs is 1. The smallest absolute Gasteiger partial charge is 0.337 e. The van der Waals surface area contributed by atoms with E-state index in [1.54, 1.807) is 10.6 Å². The number of pyridine rings is 1. The van der Waals surface area contributed by atoms with E-state index in [0.717, 1.165) is 12.2 Å². The summed E-state index contributed by atoms with van der Waals surface area (Å²) < 4.78 is 1.72. The van der Waals surface area contributed by atoms with Crippen molar-refractivity contribution in [3.05, 3.63) is 28.7 Å². The second kappa shape index (κ2) is 5.61. The van der Waals surface area contributed by atoms with E-state index < -0.39 is 5.97 Å². The van der Waals surface area contributed by atoms with Gasteiger partial charge in [-0.3, -0.25) is 4.40 Å². The van der Waals surface area contributed by atoms with E-state index in [-0.39, 0.29) is 5.56 Å². The minimum atomic E-state index is -0.998. The third-order valence-corrected chi connectivity index (χ3v) is 4.92. The Balaban J connectivity index is 1.96. The molecule has 1 aliphatic rings. The number of rotatable bonds is 3. The summed E-state index contributed by atoms with van der Waals surface area (Å²) in [6, 6.07) is 1.41. The molecule has 7 heteroatoms. The molecule has 5 nitrogen and oxygen atoms in total. The van der Waals surface area contributed by atoms with E-state index in [4.69, 9.17) is 16.7 Å². The molecule has 1 aliphatic heterocycles. The van der Waals surface area contributed by atoms with Crippen LogP contribution in [-0.2, 0) is 6.42 Å². The molecule has 3 rings (SSSR count). The molecule has 1 fully saturated rings. The standard InChI is InChI=1S/C13H14ClN3O2S/c14-10-6-9(13(18)19)7-17-11(15-16-12(10)17)5-8-1-3-20-4-2-8/h6-8H,1-5H2,(H,18,19). The number of aromatic carboxylic acids is 1. The topological polar surface area (TPSA) is 67.5 Å². The van der Waals surface area contributed by atoms with Gasteiger partial charge in [-0.25, -0.2) is 4.79 Å². The van der Waals surface area contributed by atoms with Crippen LogP contribution in [-0.4, -0.2) is 37.2 Å². The SMILES string of the molecule is O=C(O)c1cc(Cl)c2nnc(CC3CCSCC3)n2c1. The highest BCUT2D eigenvalue weighted by molar-refractivity contribution is 7.99. The lowest BCUT2D eigenvalue weighted by Crippen LogP contribution is -2.14. The van der Waals surface area contributed by atoms with Crippen LogP contribution in [0.1, 0.15) is 29.0 Å². The Kier molecular flexibility index (Phi) is 3.85.